The monoisotopic (exact) mass is 345 g/mol. The van der Waals surface area contributed by atoms with Gasteiger partial charge in [-0.15, -0.1) is 0 Å². The molecular formula is C11H12F9NO. The Bertz CT molecular complexity index is 412. The Kier molecular flexibility index (Phi) is 4.98. The van der Waals surface area contributed by atoms with Gasteiger partial charge in [-0.05, 0) is 12.8 Å². The highest BCUT2D eigenvalue weighted by Crippen LogP contribution is 2.53. The van der Waals surface area contributed by atoms with Crippen molar-refractivity contribution in [2.75, 3.05) is 0 Å². The van der Waals surface area contributed by atoms with Gasteiger partial charge in [0.2, 0.25) is 0 Å². The first kappa shape index (κ1) is 18.9. The molecule has 0 aromatic heterocycles. The highest BCUT2D eigenvalue weighted by Gasteiger charge is 2.83. The second-order valence-corrected chi connectivity index (χ2v) is 5.03. The smallest absolute Gasteiger partial charge is 0.348 e. The third-order valence-corrected chi connectivity index (χ3v) is 3.37. The van der Waals surface area contributed by atoms with Gasteiger partial charge in [-0.2, -0.15) is 39.5 Å². The molecule has 0 aromatic rings. The Morgan fingerprint density at radius 3 is 1.64 bits per heavy atom. The maximum absolute atomic E-state index is 13.2. The van der Waals surface area contributed by atoms with Gasteiger partial charge in [0.25, 0.3) is 5.91 Å². The van der Waals surface area contributed by atoms with Crippen molar-refractivity contribution in [2.24, 2.45) is 0 Å². The first-order chi connectivity index (χ1) is 9.75. The first-order valence-electron chi connectivity index (χ1n) is 6.26. The minimum atomic E-state index is -7.05. The summed E-state index contributed by atoms with van der Waals surface area (Å²) in [5, 5.41) is 1.42. The van der Waals surface area contributed by atoms with Crippen LogP contribution < -0.4 is 5.32 Å². The highest BCUT2D eigenvalue weighted by molar-refractivity contribution is 5.85. The predicted molar refractivity (Wildman–Crippen MR) is 55.9 cm³/mol. The van der Waals surface area contributed by atoms with Crippen LogP contribution in [0.3, 0.4) is 0 Å². The summed E-state index contributed by atoms with van der Waals surface area (Å²) < 4.78 is 113. The van der Waals surface area contributed by atoms with Crippen LogP contribution in [0.1, 0.15) is 32.1 Å². The molecule has 1 amide bonds. The van der Waals surface area contributed by atoms with Gasteiger partial charge in [0.05, 0.1) is 0 Å². The van der Waals surface area contributed by atoms with Crippen molar-refractivity contribution in [1.82, 2.24) is 5.32 Å². The summed E-state index contributed by atoms with van der Waals surface area (Å²) in [6.45, 7) is 0. The number of rotatable bonds is 4. The number of nitrogens with one attached hydrogen (secondary N) is 1. The quantitative estimate of drug-likeness (QED) is 0.770. The van der Waals surface area contributed by atoms with E-state index in [1.54, 1.807) is 0 Å². The summed E-state index contributed by atoms with van der Waals surface area (Å²) in [6, 6.07) is -0.956. The number of amides is 1. The summed E-state index contributed by atoms with van der Waals surface area (Å²) in [5.41, 5.74) is 0. The number of carbonyl (C=O) groups excluding carboxylic acids is 1. The molecule has 0 atom stereocenters. The Morgan fingerprint density at radius 1 is 0.773 bits per heavy atom. The van der Waals surface area contributed by atoms with E-state index >= 15 is 0 Å². The molecule has 1 rings (SSSR count). The fourth-order valence-electron chi connectivity index (χ4n) is 2.04. The fraction of sp³-hybridized carbons (Fsp3) is 0.909. The summed E-state index contributed by atoms with van der Waals surface area (Å²) in [5.74, 6) is -23.0. The minimum absolute atomic E-state index is 0.156. The highest BCUT2D eigenvalue weighted by atomic mass is 19.4. The SMILES string of the molecule is O=C(NC1CCCCC1)C(F)(F)C(F)(F)C(F)(F)C(F)(F)F. The van der Waals surface area contributed by atoms with E-state index in [1.165, 1.54) is 5.32 Å². The number of hydrogen-bond donors (Lipinski definition) is 1. The van der Waals surface area contributed by atoms with Crippen LogP contribution >= 0.6 is 0 Å². The second-order valence-electron chi connectivity index (χ2n) is 5.03. The minimum Gasteiger partial charge on any atom is -0.348 e. The maximum atomic E-state index is 13.2. The Balaban J connectivity index is 2.97. The lowest BCUT2D eigenvalue weighted by molar-refractivity contribution is -0.388. The average molecular weight is 345 g/mol. The molecule has 2 nitrogen and oxygen atoms in total. The summed E-state index contributed by atoms with van der Waals surface area (Å²) in [4.78, 5) is 11.1. The summed E-state index contributed by atoms with van der Waals surface area (Å²) >= 11 is 0. The molecule has 22 heavy (non-hydrogen) atoms. The van der Waals surface area contributed by atoms with Crippen molar-refractivity contribution in [1.29, 1.82) is 0 Å². The summed E-state index contributed by atoms with van der Waals surface area (Å²) in [6.07, 6.45) is -4.92. The van der Waals surface area contributed by atoms with Crippen LogP contribution in [-0.2, 0) is 4.79 Å². The molecule has 130 valence electrons. The Hall–Kier alpha value is -1.16. The van der Waals surface area contributed by atoms with Gasteiger partial charge in [-0.25, -0.2) is 0 Å². The second kappa shape index (κ2) is 5.80. The van der Waals surface area contributed by atoms with E-state index < -0.39 is 35.9 Å². The lowest BCUT2D eigenvalue weighted by atomic mass is 9.94. The van der Waals surface area contributed by atoms with E-state index in [2.05, 4.69) is 0 Å². The van der Waals surface area contributed by atoms with Gasteiger partial charge in [0, 0.05) is 6.04 Å². The fourth-order valence-corrected chi connectivity index (χ4v) is 2.04. The standard InChI is InChI=1S/C11H12F9NO/c12-8(13,7(22)21-6-4-2-1-3-5-6)9(14,15)10(16,17)11(18,19)20/h6H,1-5H2,(H,21,22). The number of alkyl halides is 9. The van der Waals surface area contributed by atoms with Crippen molar-refractivity contribution in [3.63, 3.8) is 0 Å². The van der Waals surface area contributed by atoms with Crippen LogP contribution in [0.5, 0.6) is 0 Å². The zero-order chi connectivity index (χ0) is 17.4. The molecule has 1 saturated carbocycles. The zero-order valence-corrected chi connectivity index (χ0v) is 10.9. The van der Waals surface area contributed by atoms with Crippen LogP contribution in [0, 0.1) is 0 Å². The normalized spacial score (nSPS) is 19.1. The number of hydrogen-bond acceptors (Lipinski definition) is 1. The molecule has 0 bridgehead atoms. The third kappa shape index (κ3) is 3.12. The lowest BCUT2D eigenvalue weighted by Gasteiger charge is -2.34. The van der Waals surface area contributed by atoms with Gasteiger partial charge in [0.1, 0.15) is 0 Å². The first-order valence-corrected chi connectivity index (χ1v) is 6.26. The summed E-state index contributed by atoms with van der Waals surface area (Å²) in [7, 11) is 0. The maximum Gasteiger partial charge on any atom is 0.460 e. The predicted octanol–water partition coefficient (Wildman–Crippen LogP) is 3.90. The largest absolute Gasteiger partial charge is 0.460 e. The molecule has 0 aliphatic heterocycles. The Labute approximate surface area is 119 Å². The van der Waals surface area contributed by atoms with E-state index in [9.17, 15) is 44.3 Å². The molecule has 0 spiro atoms. The van der Waals surface area contributed by atoms with Crippen LogP contribution in [0.15, 0.2) is 0 Å². The molecule has 1 fully saturated rings. The molecule has 0 radical (unpaired) electrons. The van der Waals surface area contributed by atoms with Crippen molar-refractivity contribution >= 4 is 5.91 Å². The molecule has 0 unspecified atom stereocenters. The molecule has 0 aromatic carbocycles. The van der Waals surface area contributed by atoms with E-state index in [1.807, 2.05) is 0 Å². The van der Waals surface area contributed by atoms with Gasteiger partial charge in [-0.1, -0.05) is 19.3 Å². The molecule has 11 heteroatoms. The van der Waals surface area contributed by atoms with E-state index in [0.717, 1.165) is 0 Å². The van der Waals surface area contributed by atoms with Gasteiger partial charge < -0.3 is 5.32 Å². The third-order valence-electron chi connectivity index (χ3n) is 3.37. The molecular weight excluding hydrogens is 333 g/mol. The van der Waals surface area contributed by atoms with Crippen LogP contribution in [0.2, 0.25) is 0 Å². The van der Waals surface area contributed by atoms with Crippen LogP contribution in [0.4, 0.5) is 39.5 Å². The molecule has 1 aliphatic carbocycles. The van der Waals surface area contributed by atoms with Gasteiger partial charge in [-0.3, -0.25) is 4.79 Å². The molecule has 0 saturated heterocycles. The number of halogens is 9. The lowest BCUT2D eigenvalue weighted by Crippen LogP contribution is -2.65. The average Bonchev–Trinajstić information content (AvgIpc) is 2.38. The van der Waals surface area contributed by atoms with E-state index in [4.69, 9.17) is 0 Å². The van der Waals surface area contributed by atoms with Gasteiger partial charge in [0.15, 0.2) is 0 Å². The van der Waals surface area contributed by atoms with Crippen molar-refractivity contribution in [3.05, 3.63) is 0 Å². The van der Waals surface area contributed by atoms with Crippen molar-refractivity contribution in [2.45, 2.75) is 62.1 Å². The Morgan fingerprint density at radius 2 is 1.23 bits per heavy atom. The van der Waals surface area contributed by atoms with Crippen molar-refractivity contribution in [3.8, 4) is 0 Å². The molecule has 1 N–H and O–H groups in total. The number of carbonyl (C=O) groups is 1. The zero-order valence-electron chi connectivity index (χ0n) is 10.9. The van der Waals surface area contributed by atoms with Crippen molar-refractivity contribution < 1.29 is 44.3 Å². The van der Waals surface area contributed by atoms with Crippen LogP contribution in [-0.4, -0.2) is 35.9 Å². The molecule has 0 heterocycles. The molecule has 1 aliphatic rings. The van der Waals surface area contributed by atoms with Crippen LogP contribution in [0.25, 0.3) is 0 Å². The van der Waals surface area contributed by atoms with E-state index in [0.29, 0.717) is 19.3 Å². The van der Waals surface area contributed by atoms with Gasteiger partial charge >= 0.3 is 23.9 Å². The topological polar surface area (TPSA) is 29.1 Å². The van der Waals surface area contributed by atoms with E-state index in [-0.39, 0.29) is 12.8 Å².